The van der Waals surface area contributed by atoms with Gasteiger partial charge in [0, 0.05) is 36.3 Å². The van der Waals surface area contributed by atoms with E-state index < -0.39 is 0 Å². The molecule has 3 heterocycles. The van der Waals surface area contributed by atoms with Crippen LogP contribution in [0.5, 0.6) is 5.75 Å². The van der Waals surface area contributed by atoms with Gasteiger partial charge in [0.25, 0.3) is 11.8 Å². The van der Waals surface area contributed by atoms with Gasteiger partial charge in [-0.3, -0.25) is 9.59 Å². The zero-order chi connectivity index (χ0) is 22.1. The topological polar surface area (TPSA) is 87.7 Å². The highest BCUT2D eigenvalue weighted by molar-refractivity contribution is 6.03. The fourth-order valence-electron chi connectivity index (χ4n) is 4.16. The largest absolute Gasteiger partial charge is 0.490 e. The van der Waals surface area contributed by atoms with Crippen molar-refractivity contribution >= 4 is 34.4 Å². The first-order valence-electron chi connectivity index (χ1n) is 10.6. The van der Waals surface area contributed by atoms with E-state index >= 15 is 0 Å². The molecule has 2 aromatic carbocycles. The number of nitrogens with one attached hydrogen (secondary N) is 1. The molecule has 2 amide bonds. The molecule has 0 radical (unpaired) electrons. The van der Waals surface area contributed by atoms with Gasteiger partial charge in [0.2, 0.25) is 5.95 Å². The summed E-state index contributed by atoms with van der Waals surface area (Å²) in [5, 5.41) is 4.34. The first-order valence-corrected chi connectivity index (χ1v) is 10.6. The van der Waals surface area contributed by atoms with Crippen molar-refractivity contribution in [2.75, 3.05) is 36.5 Å². The highest BCUT2D eigenvalue weighted by atomic mass is 16.5. The highest BCUT2D eigenvalue weighted by Gasteiger charge is 2.29. The van der Waals surface area contributed by atoms with Crippen LogP contribution in [-0.4, -0.2) is 59.0 Å². The molecule has 0 bridgehead atoms. The van der Waals surface area contributed by atoms with Crippen molar-refractivity contribution in [3.8, 4) is 5.75 Å². The Morgan fingerprint density at radius 2 is 2.06 bits per heavy atom. The summed E-state index contributed by atoms with van der Waals surface area (Å²) in [6.07, 6.45) is 3.89. The third-order valence-electron chi connectivity index (χ3n) is 5.81. The van der Waals surface area contributed by atoms with Crippen molar-refractivity contribution in [1.29, 1.82) is 0 Å². The van der Waals surface area contributed by atoms with Crippen LogP contribution in [0.3, 0.4) is 0 Å². The van der Waals surface area contributed by atoms with Gasteiger partial charge in [-0.2, -0.15) is 0 Å². The number of amides is 2. The molecule has 5 rings (SSSR count). The molecule has 2 aliphatic heterocycles. The summed E-state index contributed by atoms with van der Waals surface area (Å²) in [5.41, 5.74) is 2.08. The zero-order valence-corrected chi connectivity index (χ0v) is 17.5. The standard InChI is InChI=1S/C24H23N5O3/c1-2-22(30)29-11-12-32-21-13-16(7-8-20(21)29)23(31)28-10-9-18(15-28)26-24-25-14-17-5-3-4-6-19(17)27-24/h2-8,13-14,18H,1,9-12,15H2,(H,25,26,27)/t18-/m0/s1. The van der Waals surface area contributed by atoms with E-state index in [4.69, 9.17) is 4.74 Å². The molecule has 1 fully saturated rings. The van der Waals surface area contributed by atoms with E-state index in [-0.39, 0.29) is 17.9 Å². The second-order valence-electron chi connectivity index (χ2n) is 7.86. The quantitative estimate of drug-likeness (QED) is 0.642. The van der Waals surface area contributed by atoms with E-state index in [2.05, 4.69) is 21.9 Å². The van der Waals surface area contributed by atoms with Crippen LogP contribution in [0.1, 0.15) is 16.8 Å². The lowest BCUT2D eigenvalue weighted by molar-refractivity contribution is -0.114. The monoisotopic (exact) mass is 429 g/mol. The molecule has 2 aliphatic rings. The number of hydrogen-bond acceptors (Lipinski definition) is 6. The minimum absolute atomic E-state index is 0.0627. The lowest BCUT2D eigenvalue weighted by Crippen LogP contribution is -2.37. The van der Waals surface area contributed by atoms with Crippen molar-refractivity contribution in [1.82, 2.24) is 14.9 Å². The van der Waals surface area contributed by atoms with Crippen LogP contribution in [-0.2, 0) is 4.79 Å². The minimum atomic E-state index is -0.182. The predicted octanol–water partition coefficient (Wildman–Crippen LogP) is 2.87. The zero-order valence-electron chi connectivity index (χ0n) is 17.5. The van der Waals surface area contributed by atoms with Gasteiger partial charge in [-0.15, -0.1) is 0 Å². The van der Waals surface area contributed by atoms with Crippen LogP contribution in [0.25, 0.3) is 10.9 Å². The molecule has 1 atom stereocenters. The van der Waals surface area contributed by atoms with Gasteiger partial charge in [-0.1, -0.05) is 24.8 Å². The van der Waals surface area contributed by atoms with E-state index in [9.17, 15) is 9.59 Å². The maximum Gasteiger partial charge on any atom is 0.254 e. The van der Waals surface area contributed by atoms with Gasteiger partial charge in [0.1, 0.15) is 12.4 Å². The summed E-state index contributed by atoms with van der Waals surface area (Å²) in [6, 6.07) is 13.1. The van der Waals surface area contributed by atoms with Crippen molar-refractivity contribution in [2.24, 2.45) is 0 Å². The fraction of sp³-hybridized carbons (Fsp3) is 0.250. The molecular formula is C24H23N5O3. The lowest BCUT2D eigenvalue weighted by Gasteiger charge is -2.29. The number of benzene rings is 2. The Balaban J connectivity index is 1.27. The molecule has 0 aliphatic carbocycles. The number of rotatable bonds is 4. The van der Waals surface area contributed by atoms with Gasteiger partial charge < -0.3 is 19.9 Å². The number of hydrogen-bond donors (Lipinski definition) is 1. The Hall–Kier alpha value is -3.94. The summed E-state index contributed by atoms with van der Waals surface area (Å²) in [7, 11) is 0. The molecule has 1 saturated heterocycles. The van der Waals surface area contributed by atoms with Crippen LogP contribution in [0, 0.1) is 0 Å². The van der Waals surface area contributed by atoms with Gasteiger partial charge in [0.15, 0.2) is 0 Å². The van der Waals surface area contributed by atoms with Crippen molar-refractivity contribution < 1.29 is 14.3 Å². The summed E-state index contributed by atoms with van der Waals surface area (Å²) < 4.78 is 5.71. The van der Waals surface area contributed by atoms with Crippen LogP contribution in [0.4, 0.5) is 11.6 Å². The number of ether oxygens (including phenoxy) is 1. The average molecular weight is 429 g/mol. The van der Waals surface area contributed by atoms with Crippen LogP contribution in [0.2, 0.25) is 0 Å². The molecule has 0 spiro atoms. The molecule has 0 unspecified atom stereocenters. The maximum absolute atomic E-state index is 13.1. The molecule has 0 saturated carbocycles. The van der Waals surface area contributed by atoms with E-state index in [0.29, 0.717) is 49.2 Å². The Bertz CT molecular complexity index is 1210. The van der Waals surface area contributed by atoms with Crippen molar-refractivity contribution in [3.63, 3.8) is 0 Å². The van der Waals surface area contributed by atoms with Crippen LogP contribution >= 0.6 is 0 Å². The van der Waals surface area contributed by atoms with E-state index in [1.807, 2.05) is 29.2 Å². The first-order chi connectivity index (χ1) is 15.6. The Labute approximate surface area is 185 Å². The number of para-hydroxylation sites is 1. The number of nitrogens with zero attached hydrogens (tertiary/aromatic N) is 4. The molecule has 1 aromatic heterocycles. The van der Waals surface area contributed by atoms with Crippen molar-refractivity contribution in [3.05, 3.63) is 66.9 Å². The summed E-state index contributed by atoms with van der Waals surface area (Å²) >= 11 is 0. The second-order valence-corrected chi connectivity index (χ2v) is 7.86. The smallest absolute Gasteiger partial charge is 0.254 e. The number of anilines is 2. The normalized spacial score (nSPS) is 17.6. The predicted molar refractivity (Wildman–Crippen MR) is 122 cm³/mol. The molecular weight excluding hydrogens is 406 g/mol. The first kappa shape index (κ1) is 20.0. The summed E-state index contributed by atoms with van der Waals surface area (Å²) in [5.74, 6) is 0.859. The number of likely N-dealkylation sites (tertiary alicyclic amines) is 1. The molecule has 8 nitrogen and oxygen atoms in total. The van der Waals surface area contributed by atoms with E-state index in [1.165, 1.54) is 6.08 Å². The Morgan fingerprint density at radius 3 is 2.94 bits per heavy atom. The molecule has 32 heavy (non-hydrogen) atoms. The molecule has 162 valence electrons. The van der Waals surface area contributed by atoms with Gasteiger partial charge >= 0.3 is 0 Å². The number of fused-ring (bicyclic) bond motifs is 2. The van der Waals surface area contributed by atoms with Crippen molar-refractivity contribution in [2.45, 2.75) is 12.5 Å². The average Bonchev–Trinajstić information content (AvgIpc) is 3.30. The van der Waals surface area contributed by atoms with Gasteiger partial charge in [-0.25, -0.2) is 9.97 Å². The Morgan fingerprint density at radius 1 is 1.19 bits per heavy atom. The van der Waals surface area contributed by atoms with Gasteiger partial charge in [-0.05, 0) is 36.8 Å². The third kappa shape index (κ3) is 3.75. The molecule has 8 heteroatoms. The fourth-order valence-corrected chi connectivity index (χ4v) is 4.16. The molecule has 3 aromatic rings. The maximum atomic E-state index is 13.1. The minimum Gasteiger partial charge on any atom is -0.490 e. The third-order valence-corrected chi connectivity index (χ3v) is 5.81. The van der Waals surface area contributed by atoms with E-state index in [1.54, 1.807) is 29.3 Å². The molecule has 1 N–H and O–H groups in total. The number of aromatic nitrogens is 2. The number of carbonyl (C=O) groups is 2. The van der Waals surface area contributed by atoms with Crippen LogP contribution < -0.4 is 15.0 Å². The van der Waals surface area contributed by atoms with Gasteiger partial charge in [0.05, 0.1) is 17.7 Å². The number of carbonyl (C=O) groups excluding carboxylic acids is 2. The highest BCUT2D eigenvalue weighted by Crippen LogP contribution is 2.33. The SMILES string of the molecule is C=CC(=O)N1CCOc2cc(C(=O)N3CC[C@H](Nc4ncc5ccccc5n4)C3)ccc21. The summed E-state index contributed by atoms with van der Waals surface area (Å²) in [4.78, 5) is 37.5. The Kier molecular flexibility index (Phi) is 5.18. The van der Waals surface area contributed by atoms with E-state index in [0.717, 1.165) is 17.3 Å². The lowest BCUT2D eigenvalue weighted by atomic mass is 10.1. The summed E-state index contributed by atoms with van der Waals surface area (Å²) in [6.45, 7) is 5.60. The second kappa shape index (κ2) is 8.30. The van der Waals surface area contributed by atoms with Crippen LogP contribution in [0.15, 0.2) is 61.3 Å².